The molecule has 0 heterocycles. The molecule has 0 saturated carbocycles. The van der Waals surface area contributed by atoms with Crippen molar-refractivity contribution >= 4 is 28.3 Å². The number of rotatable bonds is 4. The lowest BCUT2D eigenvalue weighted by Gasteiger charge is -2.15. The zero-order chi connectivity index (χ0) is 13.0. The van der Waals surface area contributed by atoms with Crippen LogP contribution in [0.15, 0.2) is 53.0 Å². The molecular formula is C15H16BrClFN. The maximum atomic E-state index is 12.8. The topological polar surface area (TPSA) is 12.0 Å². The molecule has 102 valence electrons. The van der Waals surface area contributed by atoms with Crippen molar-refractivity contribution in [2.75, 3.05) is 0 Å². The van der Waals surface area contributed by atoms with E-state index in [9.17, 15) is 4.39 Å². The van der Waals surface area contributed by atoms with E-state index in [1.165, 1.54) is 17.7 Å². The van der Waals surface area contributed by atoms with Gasteiger partial charge in [0.2, 0.25) is 0 Å². The number of nitrogens with one attached hydrogen (secondary N) is 1. The fourth-order valence-corrected chi connectivity index (χ4v) is 2.44. The van der Waals surface area contributed by atoms with Crippen LogP contribution in [0, 0.1) is 5.82 Å². The van der Waals surface area contributed by atoms with E-state index in [0.717, 1.165) is 16.6 Å². The van der Waals surface area contributed by atoms with Crippen molar-refractivity contribution in [2.45, 2.75) is 19.5 Å². The molecule has 0 radical (unpaired) electrons. The van der Waals surface area contributed by atoms with E-state index in [4.69, 9.17) is 0 Å². The van der Waals surface area contributed by atoms with Gasteiger partial charge in [0.05, 0.1) is 0 Å². The Morgan fingerprint density at radius 1 is 1.11 bits per heavy atom. The van der Waals surface area contributed by atoms with Crippen molar-refractivity contribution in [3.63, 3.8) is 0 Å². The summed E-state index contributed by atoms with van der Waals surface area (Å²) in [4.78, 5) is 0. The number of benzene rings is 2. The highest BCUT2D eigenvalue weighted by Gasteiger charge is 2.07. The molecule has 1 atom stereocenters. The van der Waals surface area contributed by atoms with E-state index in [-0.39, 0.29) is 24.3 Å². The normalized spacial score (nSPS) is 11.7. The van der Waals surface area contributed by atoms with Crippen LogP contribution in [0.1, 0.15) is 24.1 Å². The summed E-state index contributed by atoms with van der Waals surface area (Å²) < 4.78 is 13.9. The Kier molecular flexibility index (Phi) is 6.49. The van der Waals surface area contributed by atoms with E-state index in [2.05, 4.69) is 34.2 Å². The second-order valence-corrected chi connectivity index (χ2v) is 5.10. The van der Waals surface area contributed by atoms with Crippen molar-refractivity contribution in [2.24, 2.45) is 0 Å². The molecule has 2 aromatic rings. The number of halogens is 3. The molecule has 2 rings (SSSR count). The quantitative estimate of drug-likeness (QED) is 0.835. The highest BCUT2D eigenvalue weighted by Crippen LogP contribution is 2.22. The average molecular weight is 345 g/mol. The van der Waals surface area contributed by atoms with E-state index in [1.54, 1.807) is 12.1 Å². The summed E-state index contributed by atoms with van der Waals surface area (Å²) in [6, 6.07) is 15.0. The minimum Gasteiger partial charge on any atom is -0.306 e. The summed E-state index contributed by atoms with van der Waals surface area (Å²) in [6.07, 6.45) is 0. The van der Waals surface area contributed by atoms with Gasteiger partial charge in [-0.2, -0.15) is 0 Å². The second kappa shape index (κ2) is 7.63. The molecule has 1 N–H and O–H groups in total. The van der Waals surface area contributed by atoms with Gasteiger partial charge < -0.3 is 5.32 Å². The monoisotopic (exact) mass is 343 g/mol. The third kappa shape index (κ3) is 4.60. The van der Waals surface area contributed by atoms with Crippen LogP contribution in [0.5, 0.6) is 0 Å². The molecular weight excluding hydrogens is 329 g/mol. The van der Waals surface area contributed by atoms with Crippen LogP contribution in [0.25, 0.3) is 0 Å². The molecule has 0 aromatic heterocycles. The predicted octanol–water partition coefficient (Wildman–Crippen LogP) is 4.86. The van der Waals surface area contributed by atoms with Gasteiger partial charge in [-0.1, -0.05) is 46.3 Å². The van der Waals surface area contributed by atoms with Gasteiger partial charge in [-0.15, -0.1) is 12.4 Å². The minimum atomic E-state index is -0.197. The fourth-order valence-electron chi connectivity index (χ4n) is 1.81. The van der Waals surface area contributed by atoms with Gasteiger partial charge in [0.15, 0.2) is 0 Å². The summed E-state index contributed by atoms with van der Waals surface area (Å²) in [5, 5.41) is 3.42. The molecule has 0 aliphatic rings. The average Bonchev–Trinajstić information content (AvgIpc) is 2.38. The summed E-state index contributed by atoms with van der Waals surface area (Å²) >= 11 is 3.54. The van der Waals surface area contributed by atoms with Gasteiger partial charge in [0.25, 0.3) is 0 Å². The van der Waals surface area contributed by atoms with Crippen molar-refractivity contribution in [1.29, 1.82) is 0 Å². The Balaban J connectivity index is 0.00000180. The van der Waals surface area contributed by atoms with Crippen LogP contribution in [0.2, 0.25) is 0 Å². The molecule has 0 aliphatic carbocycles. The number of hydrogen-bond donors (Lipinski definition) is 1. The van der Waals surface area contributed by atoms with Crippen LogP contribution in [-0.4, -0.2) is 0 Å². The first kappa shape index (κ1) is 16.2. The maximum absolute atomic E-state index is 12.8. The Morgan fingerprint density at radius 2 is 1.74 bits per heavy atom. The summed E-state index contributed by atoms with van der Waals surface area (Å²) in [6.45, 7) is 2.84. The van der Waals surface area contributed by atoms with E-state index in [0.29, 0.717) is 0 Å². The molecule has 1 nitrogen and oxygen atoms in total. The molecule has 0 bridgehead atoms. The summed E-state index contributed by atoms with van der Waals surface area (Å²) in [7, 11) is 0. The largest absolute Gasteiger partial charge is 0.306 e. The van der Waals surface area contributed by atoms with Gasteiger partial charge in [-0.25, -0.2) is 4.39 Å². The molecule has 0 saturated heterocycles. The zero-order valence-corrected chi connectivity index (χ0v) is 13.0. The van der Waals surface area contributed by atoms with Gasteiger partial charge in [0, 0.05) is 17.1 Å². The summed E-state index contributed by atoms with van der Waals surface area (Å²) in [5.74, 6) is -0.197. The van der Waals surface area contributed by atoms with Crippen LogP contribution in [-0.2, 0) is 6.54 Å². The molecule has 0 aliphatic heterocycles. The second-order valence-electron chi connectivity index (χ2n) is 4.25. The first-order chi connectivity index (χ1) is 8.66. The van der Waals surface area contributed by atoms with Gasteiger partial charge in [0.1, 0.15) is 5.82 Å². The van der Waals surface area contributed by atoms with Crippen molar-refractivity contribution in [3.8, 4) is 0 Å². The fraction of sp³-hybridized carbons (Fsp3) is 0.200. The highest BCUT2D eigenvalue weighted by atomic mass is 79.9. The van der Waals surface area contributed by atoms with Gasteiger partial charge in [-0.05, 0) is 36.2 Å². The Morgan fingerprint density at radius 3 is 2.37 bits per heavy atom. The molecule has 0 amide bonds. The van der Waals surface area contributed by atoms with Crippen molar-refractivity contribution < 1.29 is 4.39 Å². The Labute approximate surface area is 127 Å². The SMILES string of the molecule is C[C@H](NCc1ccc(F)cc1)c1ccccc1Br.Cl. The van der Waals surface area contributed by atoms with E-state index >= 15 is 0 Å². The lowest BCUT2D eigenvalue weighted by molar-refractivity contribution is 0.571. The standard InChI is InChI=1S/C15H15BrFN.ClH/c1-11(14-4-2-3-5-15(14)16)18-10-12-6-8-13(17)9-7-12;/h2-9,11,18H,10H2,1H3;1H/t11-;/m0./s1. The highest BCUT2D eigenvalue weighted by molar-refractivity contribution is 9.10. The van der Waals surface area contributed by atoms with Crippen LogP contribution >= 0.6 is 28.3 Å². The third-order valence-electron chi connectivity index (χ3n) is 2.90. The predicted molar refractivity (Wildman–Crippen MR) is 83.0 cm³/mol. The number of hydrogen-bond acceptors (Lipinski definition) is 1. The molecule has 0 unspecified atom stereocenters. The molecule has 2 aromatic carbocycles. The van der Waals surface area contributed by atoms with Crippen LogP contribution in [0.4, 0.5) is 4.39 Å². The molecule has 0 spiro atoms. The van der Waals surface area contributed by atoms with Crippen molar-refractivity contribution in [1.82, 2.24) is 5.32 Å². The molecule has 0 fully saturated rings. The lowest BCUT2D eigenvalue weighted by atomic mass is 10.1. The van der Waals surface area contributed by atoms with Crippen LogP contribution < -0.4 is 5.32 Å². The summed E-state index contributed by atoms with van der Waals surface area (Å²) in [5.41, 5.74) is 2.30. The lowest BCUT2D eigenvalue weighted by Crippen LogP contribution is -2.18. The molecule has 19 heavy (non-hydrogen) atoms. The Bertz CT molecular complexity index is 516. The smallest absolute Gasteiger partial charge is 0.123 e. The first-order valence-corrected chi connectivity index (χ1v) is 6.68. The van der Waals surface area contributed by atoms with Gasteiger partial charge in [-0.3, -0.25) is 0 Å². The molecule has 4 heteroatoms. The van der Waals surface area contributed by atoms with E-state index < -0.39 is 0 Å². The maximum Gasteiger partial charge on any atom is 0.123 e. The first-order valence-electron chi connectivity index (χ1n) is 5.89. The third-order valence-corrected chi connectivity index (χ3v) is 3.62. The van der Waals surface area contributed by atoms with E-state index in [1.807, 2.05) is 18.2 Å². The van der Waals surface area contributed by atoms with Crippen molar-refractivity contribution in [3.05, 3.63) is 69.9 Å². The Hall–Kier alpha value is -0.900. The van der Waals surface area contributed by atoms with Crippen LogP contribution in [0.3, 0.4) is 0 Å². The minimum absolute atomic E-state index is 0. The zero-order valence-electron chi connectivity index (χ0n) is 10.6. The van der Waals surface area contributed by atoms with Gasteiger partial charge >= 0.3 is 0 Å².